The highest BCUT2D eigenvalue weighted by atomic mass is 19.4. The van der Waals surface area contributed by atoms with Crippen LogP contribution >= 0.6 is 0 Å². The molecule has 0 bridgehead atoms. The van der Waals surface area contributed by atoms with Crippen molar-refractivity contribution in [2.24, 2.45) is 0 Å². The standard InChI is InChI=1S/C30H23F6NO2/c1-18-12-20(8-10-25(18)32)28(38)37-29(17-19-6-4-3-5-7-19,21-9-11-26(33)27(16-21)39-2)22-13-23(30(34,35)36)15-24(31)14-22/h3-16H,17H2,1-2H3,(H,37,38)/t29-/m1/s1. The molecule has 0 unspecified atom stereocenters. The Labute approximate surface area is 221 Å². The Balaban J connectivity index is 2.02. The van der Waals surface area contributed by atoms with E-state index in [2.05, 4.69) is 5.32 Å². The van der Waals surface area contributed by atoms with Gasteiger partial charge in [-0.3, -0.25) is 4.79 Å². The summed E-state index contributed by atoms with van der Waals surface area (Å²) in [7, 11) is 1.21. The van der Waals surface area contributed by atoms with Crippen molar-refractivity contribution < 1.29 is 35.9 Å². The zero-order chi connectivity index (χ0) is 28.4. The van der Waals surface area contributed by atoms with Gasteiger partial charge in [0, 0.05) is 12.0 Å². The monoisotopic (exact) mass is 543 g/mol. The van der Waals surface area contributed by atoms with Gasteiger partial charge in [-0.05, 0) is 77.7 Å². The van der Waals surface area contributed by atoms with E-state index in [-0.39, 0.29) is 34.4 Å². The van der Waals surface area contributed by atoms with Gasteiger partial charge < -0.3 is 10.1 Å². The van der Waals surface area contributed by atoms with Crippen molar-refractivity contribution in [3.8, 4) is 5.75 Å². The SMILES string of the molecule is COc1cc([C@@](Cc2ccccc2)(NC(=O)c2ccc(F)c(C)c2)c2cc(F)cc(C(F)(F)F)c2)ccc1F. The topological polar surface area (TPSA) is 38.3 Å². The maximum absolute atomic E-state index is 14.8. The van der Waals surface area contributed by atoms with Crippen LogP contribution in [-0.4, -0.2) is 13.0 Å². The molecule has 0 aliphatic rings. The minimum Gasteiger partial charge on any atom is -0.494 e. The second-order valence-corrected chi connectivity index (χ2v) is 9.06. The van der Waals surface area contributed by atoms with Crippen LogP contribution in [0.25, 0.3) is 0 Å². The van der Waals surface area contributed by atoms with Gasteiger partial charge in [-0.1, -0.05) is 36.4 Å². The molecule has 0 saturated carbocycles. The Kier molecular flexibility index (Phi) is 7.72. The lowest BCUT2D eigenvalue weighted by Gasteiger charge is -2.37. The summed E-state index contributed by atoms with van der Waals surface area (Å²) in [6.07, 6.45) is -5.04. The molecular formula is C30H23F6NO2. The third-order valence-electron chi connectivity index (χ3n) is 6.42. The van der Waals surface area contributed by atoms with Gasteiger partial charge in [0.1, 0.15) is 11.6 Å². The molecule has 0 spiro atoms. The smallest absolute Gasteiger partial charge is 0.416 e. The molecule has 0 aliphatic heterocycles. The molecule has 202 valence electrons. The molecule has 1 amide bonds. The van der Waals surface area contributed by atoms with Crippen LogP contribution in [0, 0.1) is 24.4 Å². The normalized spacial score (nSPS) is 13.0. The molecule has 9 heteroatoms. The molecule has 39 heavy (non-hydrogen) atoms. The minimum atomic E-state index is -4.89. The number of hydrogen-bond acceptors (Lipinski definition) is 2. The molecule has 1 N–H and O–H groups in total. The van der Waals surface area contributed by atoms with Gasteiger partial charge in [0.2, 0.25) is 0 Å². The fourth-order valence-corrected chi connectivity index (χ4v) is 4.44. The zero-order valence-electron chi connectivity index (χ0n) is 20.9. The number of carbonyl (C=O) groups excluding carboxylic acids is 1. The summed E-state index contributed by atoms with van der Waals surface area (Å²) in [5, 5.41) is 2.78. The Bertz CT molecular complexity index is 1500. The Morgan fingerprint density at radius 1 is 0.795 bits per heavy atom. The molecule has 0 heterocycles. The third kappa shape index (κ3) is 5.92. The lowest BCUT2D eigenvalue weighted by molar-refractivity contribution is -0.137. The van der Waals surface area contributed by atoms with Crippen molar-refractivity contribution in [3.05, 3.63) is 136 Å². The number of amides is 1. The number of halogens is 6. The van der Waals surface area contributed by atoms with Crippen molar-refractivity contribution >= 4 is 5.91 Å². The fraction of sp³-hybridized carbons (Fsp3) is 0.167. The molecule has 0 radical (unpaired) electrons. The summed E-state index contributed by atoms with van der Waals surface area (Å²) in [6, 6.07) is 17.7. The highest BCUT2D eigenvalue weighted by Crippen LogP contribution is 2.40. The average molecular weight is 544 g/mol. The van der Waals surface area contributed by atoms with Crippen LogP contribution in [-0.2, 0) is 18.1 Å². The number of benzene rings is 4. The summed E-state index contributed by atoms with van der Waals surface area (Å²) in [5.74, 6) is -3.48. The lowest BCUT2D eigenvalue weighted by Crippen LogP contribution is -2.49. The number of carbonyl (C=O) groups is 1. The van der Waals surface area contributed by atoms with Gasteiger partial charge >= 0.3 is 6.18 Å². The van der Waals surface area contributed by atoms with E-state index >= 15 is 0 Å². The summed E-state index contributed by atoms with van der Waals surface area (Å²) < 4.78 is 89.6. The second kappa shape index (κ2) is 10.8. The number of nitrogens with one attached hydrogen (secondary N) is 1. The van der Waals surface area contributed by atoms with Gasteiger partial charge in [0.15, 0.2) is 11.6 Å². The lowest BCUT2D eigenvalue weighted by atomic mass is 9.77. The van der Waals surface area contributed by atoms with Gasteiger partial charge in [-0.2, -0.15) is 13.2 Å². The first-order valence-electron chi connectivity index (χ1n) is 11.8. The predicted octanol–water partition coefficient (Wildman–Crippen LogP) is 7.36. The Morgan fingerprint density at radius 3 is 2.10 bits per heavy atom. The van der Waals surface area contributed by atoms with E-state index in [4.69, 9.17) is 4.74 Å². The summed E-state index contributed by atoms with van der Waals surface area (Å²) in [4.78, 5) is 13.6. The number of hydrogen-bond donors (Lipinski definition) is 1. The molecule has 0 saturated heterocycles. The van der Waals surface area contributed by atoms with Crippen molar-refractivity contribution in [3.63, 3.8) is 0 Å². The second-order valence-electron chi connectivity index (χ2n) is 9.06. The Hall–Kier alpha value is -4.27. The first kappa shape index (κ1) is 27.8. The van der Waals surface area contributed by atoms with E-state index < -0.39 is 40.6 Å². The largest absolute Gasteiger partial charge is 0.494 e. The summed E-state index contributed by atoms with van der Waals surface area (Å²) in [6.45, 7) is 1.45. The number of rotatable bonds is 7. The first-order valence-corrected chi connectivity index (χ1v) is 11.8. The molecule has 0 aromatic heterocycles. The molecule has 0 aliphatic carbocycles. The van der Waals surface area contributed by atoms with Crippen LogP contribution in [0.15, 0.2) is 84.9 Å². The van der Waals surface area contributed by atoms with Crippen LogP contribution in [0.1, 0.15) is 38.2 Å². The summed E-state index contributed by atoms with van der Waals surface area (Å²) >= 11 is 0. The number of alkyl halides is 3. The average Bonchev–Trinajstić information content (AvgIpc) is 2.89. The van der Waals surface area contributed by atoms with E-state index in [1.54, 1.807) is 30.3 Å². The molecule has 3 nitrogen and oxygen atoms in total. The predicted molar refractivity (Wildman–Crippen MR) is 134 cm³/mol. The maximum Gasteiger partial charge on any atom is 0.416 e. The van der Waals surface area contributed by atoms with Crippen LogP contribution in [0.2, 0.25) is 0 Å². The molecule has 4 rings (SSSR count). The van der Waals surface area contributed by atoms with Crippen LogP contribution in [0.3, 0.4) is 0 Å². The number of methoxy groups -OCH3 is 1. The highest BCUT2D eigenvalue weighted by Gasteiger charge is 2.40. The van der Waals surface area contributed by atoms with E-state index in [9.17, 15) is 31.1 Å². The van der Waals surface area contributed by atoms with Gasteiger partial charge in [-0.15, -0.1) is 0 Å². The van der Waals surface area contributed by atoms with Gasteiger partial charge in [0.25, 0.3) is 5.91 Å². The van der Waals surface area contributed by atoms with Crippen LogP contribution in [0.5, 0.6) is 5.75 Å². The molecular weight excluding hydrogens is 520 g/mol. The van der Waals surface area contributed by atoms with Crippen LogP contribution < -0.4 is 10.1 Å². The van der Waals surface area contributed by atoms with Crippen molar-refractivity contribution in [1.82, 2.24) is 5.32 Å². The van der Waals surface area contributed by atoms with Crippen LogP contribution in [0.4, 0.5) is 26.3 Å². The fourth-order valence-electron chi connectivity index (χ4n) is 4.44. The minimum absolute atomic E-state index is 0.0212. The molecule has 4 aromatic rings. The summed E-state index contributed by atoms with van der Waals surface area (Å²) in [5.41, 5.74) is -2.44. The quantitative estimate of drug-likeness (QED) is 0.248. The van der Waals surface area contributed by atoms with E-state index in [0.717, 1.165) is 24.3 Å². The highest BCUT2D eigenvalue weighted by molar-refractivity contribution is 5.95. The molecule has 0 fully saturated rings. The van der Waals surface area contributed by atoms with Gasteiger partial charge in [0.05, 0.1) is 18.2 Å². The third-order valence-corrected chi connectivity index (χ3v) is 6.42. The first-order chi connectivity index (χ1) is 18.4. The maximum atomic E-state index is 14.8. The van der Waals surface area contributed by atoms with E-state index in [1.807, 2.05) is 0 Å². The van der Waals surface area contributed by atoms with Crippen molar-refractivity contribution in [2.45, 2.75) is 25.1 Å². The van der Waals surface area contributed by atoms with Crippen molar-refractivity contribution in [2.75, 3.05) is 7.11 Å². The van der Waals surface area contributed by atoms with Crippen molar-refractivity contribution in [1.29, 1.82) is 0 Å². The van der Waals surface area contributed by atoms with E-state index in [1.165, 1.54) is 38.3 Å². The van der Waals surface area contributed by atoms with Gasteiger partial charge in [-0.25, -0.2) is 13.2 Å². The molecule has 4 aromatic carbocycles. The zero-order valence-corrected chi connectivity index (χ0v) is 20.9. The number of ether oxygens (including phenoxy) is 1. The molecule has 1 atom stereocenters. The van der Waals surface area contributed by atoms with E-state index in [0.29, 0.717) is 11.6 Å². The Morgan fingerprint density at radius 2 is 1.46 bits per heavy atom. The number of aryl methyl sites for hydroxylation is 1.